The predicted octanol–water partition coefficient (Wildman–Crippen LogP) is 6.88. The highest BCUT2D eigenvalue weighted by atomic mass is 16.5. The summed E-state index contributed by atoms with van der Waals surface area (Å²) in [6.07, 6.45) is 8.05. The number of methoxy groups -OCH3 is 1. The van der Waals surface area contributed by atoms with Crippen molar-refractivity contribution in [1.29, 1.82) is 0 Å². The van der Waals surface area contributed by atoms with Crippen molar-refractivity contribution in [2.45, 2.75) is 85.3 Å². The molecule has 0 radical (unpaired) electrons. The van der Waals surface area contributed by atoms with Crippen molar-refractivity contribution in [1.82, 2.24) is 0 Å². The highest BCUT2D eigenvalue weighted by molar-refractivity contribution is 5.75. The van der Waals surface area contributed by atoms with Gasteiger partial charge in [-0.3, -0.25) is 0 Å². The molecule has 6 nitrogen and oxygen atoms in total. The van der Waals surface area contributed by atoms with Gasteiger partial charge in [-0.1, -0.05) is 52.7 Å². The summed E-state index contributed by atoms with van der Waals surface area (Å²) in [5, 5.41) is 12.7. The van der Waals surface area contributed by atoms with Crippen LogP contribution in [0.1, 0.15) is 73.1 Å². The van der Waals surface area contributed by atoms with E-state index in [1.54, 1.807) is 6.08 Å². The summed E-state index contributed by atoms with van der Waals surface area (Å²) in [5.41, 5.74) is 2.83. The molecule has 33 heavy (non-hydrogen) atoms. The van der Waals surface area contributed by atoms with Crippen LogP contribution in [-0.4, -0.2) is 43.5 Å². The van der Waals surface area contributed by atoms with E-state index in [1.165, 1.54) is 39.2 Å². The first kappa shape index (κ1) is 30.5. The van der Waals surface area contributed by atoms with Gasteiger partial charge in [0.2, 0.25) is 6.10 Å². The summed E-state index contributed by atoms with van der Waals surface area (Å²) < 4.78 is 10.6. The molecule has 0 heterocycles. The van der Waals surface area contributed by atoms with E-state index in [4.69, 9.17) is 9.47 Å². The normalized spacial score (nSPS) is 13.9. The number of hydrogen-bond acceptors (Lipinski definition) is 5. The molecule has 1 fully saturated rings. The van der Waals surface area contributed by atoms with E-state index in [9.17, 15) is 9.90 Å². The minimum absolute atomic E-state index is 0.00956. The summed E-state index contributed by atoms with van der Waals surface area (Å²) in [6.45, 7) is 18.3. The van der Waals surface area contributed by atoms with Gasteiger partial charge in [-0.25, -0.2) is 4.79 Å². The quantitative estimate of drug-likeness (QED) is 0.349. The Bertz CT molecular complexity index is 699. The molecule has 2 rings (SSSR count). The van der Waals surface area contributed by atoms with Gasteiger partial charge in [0, 0.05) is 31.5 Å². The molecule has 6 heteroatoms. The van der Waals surface area contributed by atoms with Gasteiger partial charge in [0.05, 0.1) is 18.0 Å². The number of carbonyl (C=O) groups is 1. The van der Waals surface area contributed by atoms with Crippen molar-refractivity contribution in [3.8, 4) is 5.75 Å². The molecule has 0 bridgehead atoms. The fraction of sp³-hybridized carbons (Fsp3) is 0.593. The highest BCUT2D eigenvalue weighted by Gasteiger charge is 2.24. The topological polar surface area (TPSA) is 71.0 Å². The average molecular weight is 463 g/mol. The number of aliphatic carboxylic acids is 1. The third-order valence-electron chi connectivity index (χ3n) is 4.98. The molecule has 1 aromatic carbocycles. The first-order valence-electron chi connectivity index (χ1n) is 12.2. The van der Waals surface area contributed by atoms with Crippen molar-refractivity contribution >= 4 is 17.3 Å². The number of ether oxygens (including phenoxy) is 2. The number of benzene rings is 1. The maximum absolute atomic E-state index is 11.4. The number of carboxylic acid groups (broad SMARTS) is 1. The van der Waals surface area contributed by atoms with Crippen LogP contribution in [0.25, 0.3) is 0 Å². The maximum Gasteiger partial charge on any atom is 0.347 e. The number of nitrogens with zero attached hydrogens (tertiary/aromatic N) is 1. The number of carboxylic acids is 1. The average Bonchev–Trinajstić information content (AvgIpc) is 2.80. The highest BCUT2D eigenvalue weighted by Crippen LogP contribution is 2.36. The van der Waals surface area contributed by atoms with E-state index in [-0.39, 0.29) is 6.61 Å². The lowest BCUT2D eigenvalue weighted by Gasteiger charge is -2.37. The lowest BCUT2D eigenvalue weighted by Crippen LogP contribution is -2.38. The van der Waals surface area contributed by atoms with Crippen LogP contribution >= 0.6 is 0 Å². The minimum Gasteiger partial charge on any atom is -0.478 e. The molecule has 1 aliphatic carbocycles. The molecule has 1 atom stereocenters. The third-order valence-corrected chi connectivity index (χ3v) is 4.98. The summed E-state index contributed by atoms with van der Waals surface area (Å²) in [4.78, 5) is 13.9. The van der Waals surface area contributed by atoms with Crippen molar-refractivity contribution in [2.24, 2.45) is 0 Å². The number of hydrogen-bond donors (Lipinski definition) is 2. The van der Waals surface area contributed by atoms with E-state index < -0.39 is 12.1 Å². The van der Waals surface area contributed by atoms with Crippen molar-refractivity contribution < 1.29 is 19.4 Å². The fourth-order valence-electron chi connectivity index (χ4n) is 3.77. The Morgan fingerprint density at radius 3 is 2.39 bits per heavy atom. The second-order valence-electron chi connectivity index (χ2n) is 7.88. The molecule has 2 N–H and O–H groups in total. The van der Waals surface area contributed by atoms with E-state index in [0.29, 0.717) is 11.8 Å². The van der Waals surface area contributed by atoms with Gasteiger partial charge in [-0.2, -0.15) is 0 Å². The van der Waals surface area contributed by atoms with Gasteiger partial charge in [-0.15, -0.1) is 6.58 Å². The number of allylic oxidation sites excluding steroid dienone is 2. The van der Waals surface area contributed by atoms with Crippen LogP contribution in [0, 0.1) is 0 Å². The van der Waals surface area contributed by atoms with Crippen molar-refractivity contribution in [2.75, 3.05) is 30.5 Å². The van der Waals surface area contributed by atoms with E-state index >= 15 is 0 Å². The van der Waals surface area contributed by atoms with Crippen LogP contribution in [0.5, 0.6) is 5.75 Å². The molecular formula is C27H46N2O4. The zero-order valence-electron chi connectivity index (χ0n) is 21.7. The Labute approximate surface area is 201 Å². The number of anilines is 2. The molecule has 0 spiro atoms. The monoisotopic (exact) mass is 462 g/mol. The van der Waals surface area contributed by atoms with Gasteiger partial charge in [0.25, 0.3) is 0 Å². The van der Waals surface area contributed by atoms with E-state index in [2.05, 4.69) is 30.3 Å². The second-order valence-corrected chi connectivity index (χ2v) is 7.88. The zero-order chi connectivity index (χ0) is 25.2. The van der Waals surface area contributed by atoms with Crippen molar-refractivity contribution in [3.63, 3.8) is 0 Å². The minimum atomic E-state index is -1.05. The molecule has 0 saturated heterocycles. The molecule has 1 aromatic rings. The van der Waals surface area contributed by atoms with Crippen LogP contribution in [0.15, 0.2) is 43.1 Å². The lowest BCUT2D eigenvalue weighted by atomic mass is 9.93. The fourth-order valence-corrected chi connectivity index (χ4v) is 3.77. The molecule has 0 aromatic heterocycles. The Morgan fingerprint density at radius 2 is 1.91 bits per heavy atom. The van der Waals surface area contributed by atoms with Crippen LogP contribution in [-0.2, 0) is 9.53 Å². The maximum atomic E-state index is 11.4. The summed E-state index contributed by atoms with van der Waals surface area (Å²) in [5.74, 6) is -0.549. The van der Waals surface area contributed by atoms with Gasteiger partial charge in [0.1, 0.15) is 5.75 Å². The molecular weight excluding hydrogens is 416 g/mol. The van der Waals surface area contributed by atoms with Crippen LogP contribution < -0.4 is 15.0 Å². The van der Waals surface area contributed by atoms with Gasteiger partial charge >= 0.3 is 5.97 Å². The molecule has 1 saturated carbocycles. The SMILES string of the molecule is C=C(C)Nc1cc(OC(COC)C(=O)O)ccc1N(CCC)C1CCCCC1.C=CC.CC. The van der Waals surface area contributed by atoms with E-state index in [0.717, 1.165) is 30.0 Å². The van der Waals surface area contributed by atoms with Gasteiger partial charge in [0.15, 0.2) is 0 Å². The number of rotatable bonds is 11. The Kier molecular flexibility index (Phi) is 16.7. The number of nitrogens with one attached hydrogen (secondary N) is 1. The smallest absolute Gasteiger partial charge is 0.347 e. The summed E-state index contributed by atoms with van der Waals surface area (Å²) in [6, 6.07) is 6.26. The Hall–Kier alpha value is -2.47. The third kappa shape index (κ3) is 11.3. The molecule has 1 aliphatic rings. The first-order valence-corrected chi connectivity index (χ1v) is 12.2. The summed E-state index contributed by atoms with van der Waals surface area (Å²) >= 11 is 0. The van der Waals surface area contributed by atoms with Crippen molar-refractivity contribution in [3.05, 3.63) is 43.1 Å². The van der Waals surface area contributed by atoms with Gasteiger partial charge in [-0.05, 0) is 45.2 Å². The second kappa shape index (κ2) is 18.0. The standard InChI is InChI=1S/C22H34N2O4.C3H6.C2H6/c1-5-13-24(17-9-7-6-8-10-17)20-12-11-18(14-19(20)23-16(2)3)28-21(15-27-4)22(25)26;1-3-2;1-2/h11-12,14,17,21,23H,2,5-10,13,15H2,1,3-4H3,(H,25,26);3H,1H2,2H3;1-2H3. The Morgan fingerprint density at radius 1 is 1.30 bits per heavy atom. The van der Waals surface area contributed by atoms with Crippen LogP contribution in [0.3, 0.4) is 0 Å². The largest absolute Gasteiger partial charge is 0.478 e. The van der Waals surface area contributed by atoms with E-state index in [1.807, 2.05) is 45.9 Å². The first-order chi connectivity index (χ1) is 15.9. The molecule has 0 amide bonds. The van der Waals surface area contributed by atoms with Gasteiger partial charge < -0.3 is 24.8 Å². The Balaban J connectivity index is 0.00000189. The zero-order valence-corrected chi connectivity index (χ0v) is 21.7. The lowest BCUT2D eigenvalue weighted by molar-refractivity contribution is -0.147. The molecule has 1 unspecified atom stereocenters. The molecule has 188 valence electrons. The van der Waals surface area contributed by atoms with Crippen LogP contribution in [0.2, 0.25) is 0 Å². The summed E-state index contributed by atoms with van der Waals surface area (Å²) in [7, 11) is 1.46. The van der Waals surface area contributed by atoms with Crippen LogP contribution in [0.4, 0.5) is 11.4 Å². The molecule has 0 aliphatic heterocycles. The predicted molar refractivity (Wildman–Crippen MR) is 141 cm³/mol.